The van der Waals surface area contributed by atoms with Crippen LogP contribution in [0.4, 0.5) is 4.39 Å². The second-order valence-electron chi connectivity index (χ2n) is 4.59. The van der Waals surface area contributed by atoms with Gasteiger partial charge in [0.15, 0.2) is 11.6 Å². The van der Waals surface area contributed by atoms with Crippen LogP contribution in [0.15, 0.2) is 42.5 Å². The van der Waals surface area contributed by atoms with Gasteiger partial charge in [-0.15, -0.1) is 0 Å². The molecule has 0 spiro atoms. The molecule has 2 aromatic carbocycles. The van der Waals surface area contributed by atoms with Crippen molar-refractivity contribution in [3.05, 3.63) is 64.4 Å². The fourth-order valence-electron chi connectivity index (χ4n) is 1.98. The number of methoxy groups -OCH3 is 1. The number of nitrogens with one attached hydrogen (secondary N) is 1. The van der Waals surface area contributed by atoms with Gasteiger partial charge in [0.25, 0.3) is 0 Å². The van der Waals surface area contributed by atoms with Gasteiger partial charge in [0, 0.05) is 23.2 Å². The summed E-state index contributed by atoms with van der Waals surface area (Å²) in [5.74, 6) is -0.0470. The van der Waals surface area contributed by atoms with Crippen molar-refractivity contribution < 1.29 is 9.13 Å². The van der Waals surface area contributed by atoms with Gasteiger partial charge in [0.2, 0.25) is 0 Å². The lowest BCUT2D eigenvalue weighted by molar-refractivity contribution is 0.382. The zero-order chi connectivity index (χ0) is 14.5. The summed E-state index contributed by atoms with van der Waals surface area (Å²) >= 11 is 5.86. The molecule has 0 amide bonds. The largest absolute Gasteiger partial charge is 0.494 e. The lowest BCUT2D eigenvalue weighted by Gasteiger charge is -2.15. The quantitative estimate of drug-likeness (QED) is 0.885. The first-order chi connectivity index (χ1) is 9.61. The highest BCUT2D eigenvalue weighted by molar-refractivity contribution is 6.30. The minimum atomic E-state index is -0.314. The molecule has 2 aromatic rings. The number of hydrogen-bond donors (Lipinski definition) is 1. The first-order valence-corrected chi connectivity index (χ1v) is 6.80. The van der Waals surface area contributed by atoms with Crippen LogP contribution in [0.2, 0.25) is 5.02 Å². The Labute approximate surface area is 123 Å². The molecule has 0 aliphatic heterocycles. The lowest BCUT2D eigenvalue weighted by atomic mass is 10.1. The van der Waals surface area contributed by atoms with Crippen LogP contribution in [-0.4, -0.2) is 7.11 Å². The van der Waals surface area contributed by atoms with Gasteiger partial charge in [0.05, 0.1) is 7.11 Å². The highest BCUT2D eigenvalue weighted by Gasteiger charge is 2.10. The molecule has 0 saturated carbocycles. The highest BCUT2D eigenvalue weighted by atomic mass is 35.5. The molecule has 0 saturated heterocycles. The minimum Gasteiger partial charge on any atom is -0.494 e. The van der Waals surface area contributed by atoms with Crippen LogP contribution in [0.3, 0.4) is 0 Å². The van der Waals surface area contributed by atoms with Gasteiger partial charge in [0.1, 0.15) is 0 Å². The van der Waals surface area contributed by atoms with Crippen LogP contribution < -0.4 is 10.1 Å². The molecule has 106 valence electrons. The number of rotatable bonds is 5. The van der Waals surface area contributed by atoms with E-state index >= 15 is 0 Å². The van der Waals surface area contributed by atoms with E-state index in [2.05, 4.69) is 5.32 Å². The van der Waals surface area contributed by atoms with Crippen LogP contribution >= 0.6 is 11.6 Å². The van der Waals surface area contributed by atoms with E-state index in [9.17, 15) is 4.39 Å². The van der Waals surface area contributed by atoms with Gasteiger partial charge in [-0.2, -0.15) is 0 Å². The van der Waals surface area contributed by atoms with Gasteiger partial charge in [-0.3, -0.25) is 0 Å². The molecule has 0 aromatic heterocycles. The molecule has 20 heavy (non-hydrogen) atoms. The van der Waals surface area contributed by atoms with E-state index in [1.54, 1.807) is 18.2 Å². The monoisotopic (exact) mass is 293 g/mol. The average molecular weight is 294 g/mol. The van der Waals surface area contributed by atoms with Crippen molar-refractivity contribution in [1.82, 2.24) is 5.32 Å². The van der Waals surface area contributed by atoms with Crippen molar-refractivity contribution >= 4 is 11.6 Å². The maximum absolute atomic E-state index is 14.0. The molecule has 0 fully saturated rings. The summed E-state index contributed by atoms with van der Waals surface area (Å²) < 4.78 is 19.0. The Hall–Kier alpha value is -1.58. The van der Waals surface area contributed by atoms with Gasteiger partial charge in [-0.1, -0.05) is 35.9 Å². The second kappa shape index (κ2) is 6.73. The van der Waals surface area contributed by atoms with E-state index < -0.39 is 0 Å². The predicted molar refractivity (Wildman–Crippen MR) is 79.7 cm³/mol. The Bertz CT molecular complexity index is 571. The third-order valence-electron chi connectivity index (χ3n) is 3.23. The third kappa shape index (κ3) is 3.50. The van der Waals surface area contributed by atoms with Gasteiger partial charge < -0.3 is 10.1 Å². The van der Waals surface area contributed by atoms with Gasteiger partial charge in [-0.25, -0.2) is 4.39 Å². The highest BCUT2D eigenvalue weighted by Crippen LogP contribution is 2.21. The summed E-state index contributed by atoms with van der Waals surface area (Å²) in [5.41, 5.74) is 1.70. The van der Waals surface area contributed by atoms with Crippen LogP contribution in [0.25, 0.3) is 0 Å². The predicted octanol–water partition coefficient (Wildman–Crippen LogP) is 4.34. The molecule has 0 aliphatic rings. The first kappa shape index (κ1) is 14.8. The zero-order valence-corrected chi connectivity index (χ0v) is 12.2. The van der Waals surface area contributed by atoms with E-state index in [0.717, 1.165) is 5.56 Å². The molecule has 0 aliphatic carbocycles. The minimum absolute atomic E-state index is 0.109. The van der Waals surface area contributed by atoms with Crippen molar-refractivity contribution in [3.63, 3.8) is 0 Å². The Kier molecular flexibility index (Phi) is 4.99. The Morgan fingerprint density at radius 1 is 1.20 bits per heavy atom. The summed E-state index contributed by atoms with van der Waals surface area (Å²) in [6.07, 6.45) is 0. The smallest absolute Gasteiger partial charge is 0.169 e. The molecule has 1 N–H and O–H groups in total. The number of hydrogen-bond acceptors (Lipinski definition) is 2. The summed E-state index contributed by atoms with van der Waals surface area (Å²) in [4.78, 5) is 0. The van der Waals surface area contributed by atoms with Gasteiger partial charge >= 0.3 is 0 Å². The number of halogens is 2. The summed E-state index contributed by atoms with van der Waals surface area (Å²) in [7, 11) is 1.46. The fourth-order valence-corrected chi connectivity index (χ4v) is 2.11. The van der Waals surface area contributed by atoms with E-state index in [-0.39, 0.29) is 17.6 Å². The third-order valence-corrected chi connectivity index (χ3v) is 3.48. The maximum Gasteiger partial charge on any atom is 0.169 e. The maximum atomic E-state index is 14.0. The van der Waals surface area contributed by atoms with Crippen molar-refractivity contribution in [2.75, 3.05) is 7.11 Å². The molecule has 0 unspecified atom stereocenters. The standard InChI is InChI=1S/C16H17ClFNO/c1-11(12-6-8-14(17)9-7-12)19-10-13-4-3-5-15(20-2)16(13)18/h3-9,11,19H,10H2,1-2H3/t11-/m0/s1. The first-order valence-electron chi connectivity index (χ1n) is 6.42. The molecule has 4 heteroatoms. The van der Waals surface area contributed by atoms with Crippen molar-refractivity contribution in [2.45, 2.75) is 19.5 Å². The van der Waals surface area contributed by atoms with E-state index in [0.29, 0.717) is 17.1 Å². The van der Waals surface area contributed by atoms with E-state index in [1.165, 1.54) is 7.11 Å². The fraction of sp³-hybridized carbons (Fsp3) is 0.250. The Morgan fingerprint density at radius 2 is 1.90 bits per heavy atom. The molecule has 0 heterocycles. The normalized spacial score (nSPS) is 12.2. The number of ether oxygens (including phenoxy) is 1. The Morgan fingerprint density at radius 3 is 2.55 bits per heavy atom. The molecule has 1 atom stereocenters. The van der Waals surface area contributed by atoms with Crippen LogP contribution in [0, 0.1) is 5.82 Å². The number of benzene rings is 2. The molecule has 2 nitrogen and oxygen atoms in total. The average Bonchev–Trinajstić information content (AvgIpc) is 2.46. The lowest BCUT2D eigenvalue weighted by Crippen LogP contribution is -2.18. The molecular formula is C16H17ClFNO. The van der Waals surface area contributed by atoms with Crippen molar-refractivity contribution in [1.29, 1.82) is 0 Å². The van der Waals surface area contributed by atoms with E-state index in [1.807, 2.05) is 31.2 Å². The molecule has 2 rings (SSSR count). The SMILES string of the molecule is COc1cccc(CN[C@@H](C)c2ccc(Cl)cc2)c1F. The molecule has 0 radical (unpaired) electrons. The Balaban J connectivity index is 2.03. The van der Waals surface area contributed by atoms with Crippen LogP contribution in [0.5, 0.6) is 5.75 Å². The summed E-state index contributed by atoms with van der Waals surface area (Å²) in [6.45, 7) is 2.47. The zero-order valence-electron chi connectivity index (χ0n) is 11.5. The molecular weight excluding hydrogens is 277 g/mol. The molecule has 0 bridgehead atoms. The second-order valence-corrected chi connectivity index (χ2v) is 5.02. The van der Waals surface area contributed by atoms with Crippen LogP contribution in [0.1, 0.15) is 24.1 Å². The van der Waals surface area contributed by atoms with Crippen LogP contribution in [-0.2, 0) is 6.54 Å². The van der Waals surface area contributed by atoms with E-state index in [4.69, 9.17) is 16.3 Å². The van der Waals surface area contributed by atoms with Gasteiger partial charge in [-0.05, 0) is 30.7 Å². The topological polar surface area (TPSA) is 21.3 Å². The van der Waals surface area contributed by atoms with Crippen molar-refractivity contribution in [3.8, 4) is 5.75 Å². The summed E-state index contributed by atoms with van der Waals surface area (Å²) in [5, 5.41) is 4.00. The summed E-state index contributed by atoms with van der Waals surface area (Å²) in [6, 6.07) is 12.9. The van der Waals surface area contributed by atoms with Crippen molar-refractivity contribution in [2.24, 2.45) is 0 Å².